The van der Waals surface area contributed by atoms with E-state index in [0.29, 0.717) is 11.6 Å². The fraction of sp³-hybridized carbons (Fsp3) is 1.00. The average molecular weight is 358 g/mol. The number of ether oxygens (including phenoxy) is 3. The zero-order valence-corrected chi connectivity index (χ0v) is 17.7. The maximum absolute atomic E-state index is 6.04. The Kier molecular flexibility index (Phi) is 10.6. The fourth-order valence-corrected chi connectivity index (χ4v) is 3.04. The van der Waals surface area contributed by atoms with Crippen molar-refractivity contribution in [2.24, 2.45) is 0 Å². The molecule has 1 saturated heterocycles. The third-order valence-electron chi connectivity index (χ3n) is 4.65. The summed E-state index contributed by atoms with van der Waals surface area (Å²) in [6, 6.07) is 0. The highest BCUT2D eigenvalue weighted by Crippen LogP contribution is 2.21. The van der Waals surface area contributed by atoms with Crippen LogP contribution in [0.3, 0.4) is 0 Å². The van der Waals surface area contributed by atoms with E-state index in [2.05, 4.69) is 46.4 Å². The summed E-state index contributed by atoms with van der Waals surface area (Å²) >= 11 is 0. The first-order chi connectivity index (χ1) is 11.7. The Morgan fingerprint density at radius 2 is 1.28 bits per heavy atom. The molecular formula is C21H43NO3. The summed E-state index contributed by atoms with van der Waals surface area (Å²) in [4.78, 5) is 2.56. The van der Waals surface area contributed by atoms with Gasteiger partial charge in [0, 0.05) is 45.1 Å². The van der Waals surface area contributed by atoms with Gasteiger partial charge in [-0.3, -0.25) is 4.90 Å². The molecule has 0 spiro atoms. The molecule has 0 aliphatic carbocycles. The standard InChI is InChI=1S/C21H43NO3/c1-20(2,3)22-13-11-19(12-14-22)24-17-9-7-15-23-16-8-10-18-25-21(4,5)6/h19H,7-18H2,1-6H3. The minimum Gasteiger partial charge on any atom is -0.381 e. The van der Waals surface area contributed by atoms with E-state index in [1.54, 1.807) is 0 Å². The molecule has 0 bridgehead atoms. The minimum absolute atomic E-state index is 0.0236. The van der Waals surface area contributed by atoms with Gasteiger partial charge in [0.25, 0.3) is 0 Å². The SMILES string of the molecule is CC(C)(C)OCCCCOCCCCOC1CCN(C(C)(C)C)CC1. The van der Waals surface area contributed by atoms with Gasteiger partial charge >= 0.3 is 0 Å². The quantitative estimate of drug-likeness (QED) is 0.503. The lowest BCUT2D eigenvalue weighted by Gasteiger charge is -2.40. The van der Waals surface area contributed by atoms with Gasteiger partial charge in [-0.25, -0.2) is 0 Å². The first-order valence-electron chi connectivity index (χ1n) is 10.3. The molecular weight excluding hydrogens is 314 g/mol. The third kappa shape index (κ3) is 12.0. The van der Waals surface area contributed by atoms with E-state index in [1.807, 2.05) is 0 Å². The molecule has 0 aromatic rings. The summed E-state index contributed by atoms with van der Waals surface area (Å²) in [5.41, 5.74) is 0.269. The highest BCUT2D eigenvalue weighted by Gasteiger charge is 2.26. The molecule has 1 aliphatic heterocycles. The van der Waals surface area contributed by atoms with E-state index in [9.17, 15) is 0 Å². The van der Waals surface area contributed by atoms with Crippen LogP contribution >= 0.6 is 0 Å². The van der Waals surface area contributed by atoms with Crippen molar-refractivity contribution in [1.82, 2.24) is 4.90 Å². The molecule has 0 aromatic heterocycles. The van der Waals surface area contributed by atoms with Crippen LogP contribution in [0.2, 0.25) is 0 Å². The Morgan fingerprint density at radius 3 is 1.80 bits per heavy atom. The summed E-state index contributed by atoms with van der Waals surface area (Å²) < 4.78 is 17.4. The number of nitrogens with zero attached hydrogens (tertiary/aromatic N) is 1. The summed E-state index contributed by atoms with van der Waals surface area (Å²) in [6.45, 7) is 18.9. The van der Waals surface area contributed by atoms with Crippen molar-refractivity contribution in [3.05, 3.63) is 0 Å². The summed E-state index contributed by atoms with van der Waals surface area (Å²) in [6.07, 6.45) is 7.16. The molecule has 0 unspecified atom stereocenters. The molecule has 0 amide bonds. The number of hydrogen-bond acceptors (Lipinski definition) is 4. The lowest BCUT2D eigenvalue weighted by Crippen LogP contribution is -2.47. The zero-order chi connectivity index (χ0) is 18.8. The van der Waals surface area contributed by atoms with E-state index in [1.165, 1.54) is 12.8 Å². The predicted octanol–water partition coefficient (Wildman–Crippen LogP) is 4.66. The Balaban J connectivity index is 1.85. The largest absolute Gasteiger partial charge is 0.381 e. The van der Waals surface area contributed by atoms with Crippen LogP contribution in [0.15, 0.2) is 0 Å². The maximum atomic E-state index is 6.04. The van der Waals surface area contributed by atoms with Crippen molar-refractivity contribution in [2.45, 2.75) is 97.3 Å². The normalized spacial score (nSPS) is 18.0. The van der Waals surface area contributed by atoms with Crippen molar-refractivity contribution in [1.29, 1.82) is 0 Å². The maximum Gasteiger partial charge on any atom is 0.0599 e. The summed E-state index contributed by atoms with van der Waals surface area (Å²) in [5.74, 6) is 0. The van der Waals surface area contributed by atoms with Gasteiger partial charge in [0.1, 0.15) is 0 Å². The van der Waals surface area contributed by atoms with Gasteiger partial charge < -0.3 is 14.2 Å². The molecule has 1 fully saturated rings. The van der Waals surface area contributed by atoms with Crippen molar-refractivity contribution in [3.8, 4) is 0 Å². The van der Waals surface area contributed by atoms with Crippen LogP contribution in [0.5, 0.6) is 0 Å². The molecule has 0 N–H and O–H groups in total. The second-order valence-corrected chi connectivity index (χ2v) is 9.22. The molecule has 25 heavy (non-hydrogen) atoms. The van der Waals surface area contributed by atoms with E-state index >= 15 is 0 Å². The fourth-order valence-electron chi connectivity index (χ4n) is 3.04. The molecule has 0 atom stereocenters. The molecule has 0 saturated carbocycles. The van der Waals surface area contributed by atoms with E-state index in [-0.39, 0.29) is 5.60 Å². The summed E-state index contributed by atoms with van der Waals surface area (Å²) in [5, 5.41) is 0. The number of unbranched alkanes of at least 4 members (excludes halogenated alkanes) is 2. The van der Waals surface area contributed by atoms with Crippen LogP contribution in [-0.2, 0) is 14.2 Å². The van der Waals surface area contributed by atoms with Crippen LogP contribution in [0.4, 0.5) is 0 Å². The highest BCUT2D eigenvalue weighted by atomic mass is 16.5. The van der Waals surface area contributed by atoms with Gasteiger partial charge in [-0.15, -0.1) is 0 Å². The average Bonchev–Trinajstić information content (AvgIpc) is 2.51. The van der Waals surface area contributed by atoms with Crippen LogP contribution in [0.1, 0.15) is 80.1 Å². The smallest absolute Gasteiger partial charge is 0.0599 e. The van der Waals surface area contributed by atoms with Gasteiger partial charge in [0.15, 0.2) is 0 Å². The van der Waals surface area contributed by atoms with Gasteiger partial charge in [-0.1, -0.05) is 0 Å². The van der Waals surface area contributed by atoms with Crippen molar-refractivity contribution in [3.63, 3.8) is 0 Å². The van der Waals surface area contributed by atoms with Crippen LogP contribution in [0, 0.1) is 0 Å². The Bertz CT molecular complexity index is 325. The van der Waals surface area contributed by atoms with Gasteiger partial charge in [-0.2, -0.15) is 0 Å². The highest BCUT2D eigenvalue weighted by molar-refractivity contribution is 4.82. The minimum atomic E-state index is -0.0236. The zero-order valence-electron chi connectivity index (χ0n) is 17.7. The van der Waals surface area contributed by atoms with Crippen molar-refractivity contribution >= 4 is 0 Å². The molecule has 0 radical (unpaired) electrons. The molecule has 1 aliphatic rings. The number of hydrogen-bond donors (Lipinski definition) is 0. The molecule has 1 rings (SSSR count). The van der Waals surface area contributed by atoms with Crippen molar-refractivity contribution < 1.29 is 14.2 Å². The van der Waals surface area contributed by atoms with Crippen LogP contribution < -0.4 is 0 Å². The molecule has 1 heterocycles. The van der Waals surface area contributed by atoms with Gasteiger partial charge in [0.2, 0.25) is 0 Å². The number of likely N-dealkylation sites (tertiary alicyclic amines) is 1. The summed E-state index contributed by atoms with van der Waals surface area (Å²) in [7, 11) is 0. The first-order valence-corrected chi connectivity index (χ1v) is 10.3. The topological polar surface area (TPSA) is 30.9 Å². The Morgan fingerprint density at radius 1 is 0.760 bits per heavy atom. The molecule has 0 aromatic carbocycles. The van der Waals surface area contributed by atoms with E-state index in [0.717, 1.165) is 65.2 Å². The lowest BCUT2D eigenvalue weighted by atomic mass is 9.99. The second-order valence-electron chi connectivity index (χ2n) is 9.22. The predicted molar refractivity (Wildman–Crippen MR) is 105 cm³/mol. The molecule has 4 nitrogen and oxygen atoms in total. The molecule has 4 heteroatoms. The number of rotatable bonds is 11. The Labute approximate surface area is 156 Å². The molecule has 150 valence electrons. The Hall–Kier alpha value is -0.160. The van der Waals surface area contributed by atoms with Crippen LogP contribution in [0.25, 0.3) is 0 Å². The monoisotopic (exact) mass is 357 g/mol. The van der Waals surface area contributed by atoms with Gasteiger partial charge in [0.05, 0.1) is 11.7 Å². The lowest BCUT2D eigenvalue weighted by molar-refractivity contribution is -0.0160. The van der Waals surface area contributed by atoms with E-state index in [4.69, 9.17) is 14.2 Å². The van der Waals surface area contributed by atoms with Crippen LogP contribution in [-0.4, -0.2) is 61.7 Å². The van der Waals surface area contributed by atoms with Gasteiger partial charge in [-0.05, 0) is 80.1 Å². The van der Waals surface area contributed by atoms with E-state index < -0.39 is 0 Å². The first kappa shape index (κ1) is 22.9. The van der Waals surface area contributed by atoms with Crippen molar-refractivity contribution in [2.75, 3.05) is 39.5 Å². The third-order valence-corrected chi connectivity index (χ3v) is 4.65. The number of piperidine rings is 1. The second kappa shape index (κ2) is 11.5.